The van der Waals surface area contributed by atoms with Gasteiger partial charge in [-0.05, 0) is 107 Å². The standard InChI is InChI=1S/C38H38O5S/c1-24(35-29-10-4-2-8-27(29)17-28-9-3-5-11-30(28)35)36(39)43-23-37-18-25-16-26(19-37)21-38(20-25,22-37)33-14-15-34(44(40,41)42)32-13-7-6-12-31(32)33/h2-15,24-26,35H,16-23H2,1H3,(H,40,41,42)/p-1. The molecule has 0 aliphatic heterocycles. The minimum Gasteiger partial charge on any atom is -0.744 e. The first-order chi connectivity index (χ1) is 21.1. The predicted octanol–water partition coefficient (Wildman–Crippen LogP) is 7.50. The molecule has 44 heavy (non-hydrogen) atoms. The molecule has 0 saturated heterocycles. The highest BCUT2D eigenvalue weighted by Gasteiger charge is 2.59. The number of carbonyl (C=O) groups is 1. The van der Waals surface area contributed by atoms with Gasteiger partial charge in [-0.25, -0.2) is 8.42 Å². The predicted molar refractivity (Wildman–Crippen MR) is 168 cm³/mol. The van der Waals surface area contributed by atoms with E-state index in [2.05, 4.69) is 48.5 Å². The number of carbonyl (C=O) groups excluding carboxylic acids is 1. The van der Waals surface area contributed by atoms with Crippen LogP contribution in [0.3, 0.4) is 0 Å². The Morgan fingerprint density at radius 2 is 1.43 bits per heavy atom. The maximum Gasteiger partial charge on any atom is 0.309 e. The number of esters is 1. The molecule has 0 heterocycles. The van der Waals surface area contributed by atoms with E-state index in [4.69, 9.17) is 4.74 Å². The van der Waals surface area contributed by atoms with Crippen molar-refractivity contribution in [1.82, 2.24) is 0 Å². The van der Waals surface area contributed by atoms with Crippen molar-refractivity contribution in [1.29, 1.82) is 0 Å². The number of hydrogen-bond donors (Lipinski definition) is 0. The minimum atomic E-state index is -4.59. The summed E-state index contributed by atoms with van der Waals surface area (Å²) in [5, 5.41) is 1.37. The van der Waals surface area contributed by atoms with Gasteiger partial charge in [0.1, 0.15) is 10.1 Å². The Balaban J connectivity index is 1.09. The highest BCUT2D eigenvalue weighted by atomic mass is 32.2. The number of rotatable bonds is 6. The first kappa shape index (κ1) is 28.0. The van der Waals surface area contributed by atoms with Crippen molar-refractivity contribution in [3.05, 3.63) is 113 Å². The van der Waals surface area contributed by atoms with E-state index in [0.717, 1.165) is 49.5 Å². The summed E-state index contributed by atoms with van der Waals surface area (Å²) >= 11 is 0. The van der Waals surface area contributed by atoms with Crippen molar-refractivity contribution < 1.29 is 22.5 Å². The lowest BCUT2D eigenvalue weighted by molar-refractivity contribution is -0.161. The summed E-state index contributed by atoms with van der Waals surface area (Å²) in [6.07, 6.45) is 7.23. The third-order valence-corrected chi connectivity index (χ3v) is 12.4. The Bertz CT molecular complexity index is 1850. The van der Waals surface area contributed by atoms with Crippen LogP contribution in [0.1, 0.15) is 79.2 Å². The molecule has 5 nitrogen and oxygen atoms in total. The average Bonchev–Trinajstić information content (AvgIpc) is 3.00. The molecular formula is C38H37O5S-. The summed E-state index contributed by atoms with van der Waals surface area (Å²) in [5.74, 6) is 0.610. The second-order valence-corrected chi connectivity index (χ2v) is 15.6. The monoisotopic (exact) mass is 605 g/mol. The van der Waals surface area contributed by atoms with Crippen LogP contribution in [-0.4, -0.2) is 25.5 Å². The third kappa shape index (κ3) is 4.44. The van der Waals surface area contributed by atoms with Gasteiger partial charge in [0.05, 0.1) is 17.4 Å². The van der Waals surface area contributed by atoms with E-state index in [-0.39, 0.29) is 33.5 Å². The van der Waals surface area contributed by atoms with Crippen LogP contribution in [0.2, 0.25) is 0 Å². The largest absolute Gasteiger partial charge is 0.744 e. The molecule has 4 bridgehead atoms. The lowest BCUT2D eigenvalue weighted by Crippen LogP contribution is -2.55. The zero-order valence-corrected chi connectivity index (χ0v) is 25.8. The van der Waals surface area contributed by atoms with Crippen LogP contribution in [0.25, 0.3) is 10.8 Å². The van der Waals surface area contributed by atoms with Gasteiger partial charge in [-0.1, -0.05) is 85.8 Å². The van der Waals surface area contributed by atoms with Crippen LogP contribution in [0.4, 0.5) is 0 Å². The third-order valence-electron chi connectivity index (χ3n) is 11.5. The van der Waals surface area contributed by atoms with Gasteiger partial charge in [0.2, 0.25) is 0 Å². The van der Waals surface area contributed by atoms with E-state index in [0.29, 0.717) is 23.8 Å². The highest BCUT2D eigenvalue weighted by molar-refractivity contribution is 7.86. The van der Waals surface area contributed by atoms with E-state index in [1.54, 1.807) is 12.1 Å². The molecule has 3 atom stereocenters. The fourth-order valence-corrected chi connectivity index (χ4v) is 11.0. The lowest BCUT2D eigenvalue weighted by Gasteiger charge is -2.62. The fourth-order valence-electron chi connectivity index (χ4n) is 10.3. The highest BCUT2D eigenvalue weighted by Crippen LogP contribution is 2.66. The maximum atomic E-state index is 13.9. The molecule has 4 aromatic rings. The van der Waals surface area contributed by atoms with E-state index in [1.165, 1.54) is 34.7 Å². The van der Waals surface area contributed by atoms with E-state index in [9.17, 15) is 17.8 Å². The molecule has 0 N–H and O–H groups in total. The zero-order chi connectivity index (χ0) is 30.3. The Hall–Kier alpha value is -3.48. The molecule has 4 aromatic carbocycles. The molecule has 226 valence electrons. The molecule has 9 rings (SSSR count). The second kappa shape index (κ2) is 10.0. The molecule has 0 amide bonds. The van der Waals surface area contributed by atoms with Gasteiger partial charge < -0.3 is 9.29 Å². The molecule has 3 unspecified atom stereocenters. The number of ether oxygens (including phenoxy) is 1. The molecule has 4 saturated carbocycles. The van der Waals surface area contributed by atoms with Gasteiger partial charge in [-0.15, -0.1) is 0 Å². The Morgan fingerprint density at radius 3 is 2.07 bits per heavy atom. The molecule has 0 radical (unpaired) electrons. The van der Waals surface area contributed by atoms with Gasteiger partial charge in [0, 0.05) is 11.3 Å². The van der Waals surface area contributed by atoms with E-state index < -0.39 is 10.1 Å². The SMILES string of the molecule is CC(C(=O)OCC12CC3CC(C1)CC(c1ccc(S(=O)(=O)[O-])c4ccccc14)(C3)C2)C1c2ccccc2Cc2ccccc21. The number of hydrogen-bond acceptors (Lipinski definition) is 5. The molecule has 5 aliphatic carbocycles. The first-order valence-electron chi connectivity index (χ1n) is 16.0. The molecule has 0 spiro atoms. The van der Waals surface area contributed by atoms with Crippen molar-refractivity contribution in [3.63, 3.8) is 0 Å². The first-order valence-corrected chi connectivity index (χ1v) is 17.4. The van der Waals surface area contributed by atoms with Gasteiger partial charge in [-0.3, -0.25) is 4.79 Å². The van der Waals surface area contributed by atoms with Crippen LogP contribution >= 0.6 is 0 Å². The Morgan fingerprint density at radius 1 is 0.841 bits per heavy atom. The van der Waals surface area contributed by atoms with Gasteiger partial charge in [-0.2, -0.15) is 0 Å². The molecule has 4 fully saturated rings. The summed E-state index contributed by atoms with van der Waals surface area (Å²) in [7, 11) is -4.59. The van der Waals surface area contributed by atoms with Crippen molar-refractivity contribution >= 4 is 26.9 Å². The fraction of sp³-hybridized carbons (Fsp3) is 0.395. The van der Waals surface area contributed by atoms with Crippen LogP contribution < -0.4 is 0 Å². The van der Waals surface area contributed by atoms with Crippen molar-refractivity contribution in [2.24, 2.45) is 23.2 Å². The summed E-state index contributed by atoms with van der Waals surface area (Å²) in [5.41, 5.74) is 5.94. The lowest BCUT2D eigenvalue weighted by atomic mass is 9.43. The number of benzene rings is 4. The van der Waals surface area contributed by atoms with Crippen molar-refractivity contribution in [2.45, 2.75) is 68.1 Å². The summed E-state index contributed by atoms with van der Waals surface area (Å²) in [6.45, 7) is 2.44. The van der Waals surface area contributed by atoms with Gasteiger partial charge >= 0.3 is 5.97 Å². The van der Waals surface area contributed by atoms with Crippen molar-refractivity contribution in [2.75, 3.05) is 6.61 Å². The summed E-state index contributed by atoms with van der Waals surface area (Å²) < 4.78 is 42.7. The Labute approximate surface area is 259 Å². The molecule has 6 heteroatoms. The Kier molecular flexibility index (Phi) is 6.38. The van der Waals surface area contributed by atoms with E-state index >= 15 is 0 Å². The average molecular weight is 606 g/mol. The quantitative estimate of drug-likeness (QED) is 0.168. The van der Waals surface area contributed by atoms with E-state index in [1.807, 2.05) is 25.1 Å². The van der Waals surface area contributed by atoms with Crippen LogP contribution in [0, 0.1) is 23.2 Å². The minimum absolute atomic E-state index is 0.0338. The number of fused-ring (bicyclic) bond motifs is 3. The zero-order valence-electron chi connectivity index (χ0n) is 25.0. The summed E-state index contributed by atoms with van der Waals surface area (Å²) in [6, 6.07) is 27.8. The van der Waals surface area contributed by atoms with Crippen LogP contribution in [-0.2, 0) is 31.5 Å². The smallest absolute Gasteiger partial charge is 0.309 e. The molecule has 0 aromatic heterocycles. The van der Waals surface area contributed by atoms with Crippen LogP contribution in [0.15, 0.2) is 89.8 Å². The van der Waals surface area contributed by atoms with Gasteiger partial charge in [0.15, 0.2) is 0 Å². The summed E-state index contributed by atoms with van der Waals surface area (Å²) in [4.78, 5) is 13.8. The van der Waals surface area contributed by atoms with Gasteiger partial charge in [0.25, 0.3) is 0 Å². The second-order valence-electron chi connectivity index (χ2n) is 14.3. The maximum absolute atomic E-state index is 13.9. The normalized spacial score (nSPS) is 28.0. The van der Waals surface area contributed by atoms with Crippen LogP contribution in [0.5, 0.6) is 0 Å². The topological polar surface area (TPSA) is 83.5 Å². The molecule has 5 aliphatic rings. The molecular weight excluding hydrogens is 568 g/mol. The van der Waals surface area contributed by atoms with Crippen molar-refractivity contribution in [3.8, 4) is 0 Å².